The van der Waals surface area contributed by atoms with E-state index in [9.17, 15) is 4.39 Å². The lowest BCUT2D eigenvalue weighted by Crippen LogP contribution is -2.16. The molecule has 1 aliphatic rings. The largest absolute Gasteiger partial charge is 0.494 e. The minimum atomic E-state index is -0.150. The number of hydrogen-bond donors (Lipinski definition) is 1. The molecule has 1 saturated carbocycles. The average Bonchev–Trinajstić information content (AvgIpc) is 3.31. The molecule has 1 aliphatic carbocycles. The van der Waals surface area contributed by atoms with Gasteiger partial charge in [-0.25, -0.2) is 4.39 Å². The van der Waals surface area contributed by atoms with Gasteiger partial charge < -0.3 is 10.1 Å². The highest BCUT2D eigenvalue weighted by Gasteiger charge is 2.20. The highest BCUT2D eigenvalue weighted by atomic mass is 19.1. The zero-order chi connectivity index (χ0) is 14.7. The molecule has 1 fully saturated rings. The van der Waals surface area contributed by atoms with Crippen molar-refractivity contribution in [2.45, 2.75) is 32.4 Å². The van der Waals surface area contributed by atoms with Crippen LogP contribution in [-0.2, 0) is 6.54 Å². The van der Waals surface area contributed by atoms with E-state index >= 15 is 0 Å². The maximum atomic E-state index is 14.2. The second-order valence-corrected chi connectivity index (χ2v) is 5.42. The fraction of sp³-hybridized carbons (Fsp3) is 0.333. The van der Waals surface area contributed by atoms with Crippen LogP contribution < -0.4 is 10.1 Å². The Bertz CT molecular complexity index is 622. The maximum Gasteiger partial charge on any atom is 0.128 e. The van der Waals surface area contributed by atoms with E-state index < -0.39 is 0 Å². The van der Waals surface area contributed by atoms with Gasteiger partial charge in [0.05, 0.1) is 6.61 Å². The molecule has 110 valence electrons. The van der Waals surface area contributed by atoms with Crippen molar-refractivity contribution in [2.75, 3.05) is 6.61 Å². The zero-order valence-corrected chi connectivity index (χ0v) is 12.2. The molecule has 3 rings (SSSR count). The lowest BCUT2D eigenvalue weighted by Gasteiger charge is -2.09. The van der Waals surface area contributed by atoms with Crippen LogP contribution in [0.3, 0.4) is 0 Å². The van der Waals surface area contributed by atoms with Crippen LogP contribution >= 0.6 is 0 Å². The number of nitrogens with one attached hydrogen (secondary N) is 1. The molecule has 0 heterocycles. The third-order valence-electron chi connectivity index (χ3n) is 3.69. The van der Waals surface area contributed by atoms with E-state index in [2.05, 4.69) is 5.32 Å². The Balaban J connectivity index is 1.78. The van der Waals surface area contributed by atoms with E-state index in [0.29, 0.717) is 19.2 Å². The summed E-state index contributed by atoms with van der Waals surface area (Å²) in [6.45, 7) is 3.19. The Labute approximate surface area is 125 Å². The summed E-state index contributed by atoms with van der Waals surface area (Å²) in [5.74, 6) is 0.664. The van der Waals surface area contributed by atoms with Gasteiger partial charge in [0.1, 0.15) is 11.6 Å². The molecule has 21 heavy (non-hydrogen) atoms. The number of ether oxygens (including phenoxy) is 1. The molecule has 0 aliphatic heterocycles. The molecule has 2 aromatic rings. The van der Waals surface area contributed by atoms with Crippen LogP contribution in [0.2, 0.25) is 0 Å². The van der Waals surface area contributed by atoms with Gasteiger partial charge >= 0.3 is 0 Å². The molecule has 0 bridgehead atoms. The Morgan fingerprint density at radius 3 is 2.67 bits per heavy atom. The van der Waals surface area contributed by atoms with Crippen molar-refractivity contribution in [3.8, 4) is 16.9 Å². The van der Waals surface area contributed by atoms with Crippen LogP contribution in [0.5, 0.6) is 5.75 Å². The van der Waals surface area contributed by atoms with Gasteiger partial charge in [-0.15, -0.1) is 0 Å². The predicted molar refractivity (Wildman–Crippen MR) is 82.9 cm³/mol. The molecule has 2 nitrogen and oxygen atoms in total. The topological polar surface area (TPSA) is 21.3 Å². The molecule has 1 N–H and O–H groups in total. The number of halogens is 1. The van der Waals surface area contributed by atoms with E-state index in [0.717, 1.165) is 22.4 Å². The quantitative estimate of drug-likeness (QED) is 0.861. The third kappa shape index (κ3) is 3.61. The summed E-state index contributed by atoms with van der Waals surface area (Å²) in [7, 11) is 0. The molecule has 0 unspecified atom stereocenters. The molecule has 0 radical (unpaired) electrons. The predicted octanol–water partition coefficient (Wildman–Crippen LogP) is 4.14. The Hall–Kier alpha value is -1.87. The summed E-state index contributed by atoms with van der Waals surface area (Å²) in [5, 5.41) is 3.34. The van der Waals surface area contributed by atoms with Crippen molar-refractivity contribution in [1.29, 1.82) is 0 Å². The fourth-order valence-corrected chi connectivity index (χ4v) is 2.34. The third-order valence-corrected chi connectivity index (χ3v) is 3.69. The Morgan fingerprint density at radius 2 is 1.95 bits per heavy atom. The summed E-state index contributed by atoms with van der Waals surface area (Å²) >= 11 is 0. The Kier molecular flexibility index (Phi) is 4.20. The van der Waals surface area contributed by atoms with Crippen molar-refractivity contribution < 1.29 is 9.13 Å². The molecule has 0 amide bonds. The number of hydrogen-bond acceptors (Lipinski definition) is 2. The van der Waals surface area contributed by atoms with Crippen LogP contribution in [0.4, 0.5) is 4.39 Å². The smallest absolute Gasteiger partial charge is 0.128 e. The van der Waals surface area contributed by atoms with Gasteiger partial charge in [-0.2, -0.15) is 0 Å². The highest BCUT2D eigenvalue weighted by molar-refractivity contribution is 5.65. The molecule has 0 spiro atoms. The van der Waals surface area contributed by atoms with Gasteiger partial charge in [0, 0.05) is 18.2 Å². The summed E-state index contributed by atoms with van der Waals surface area (Å²) in [5.41, 5.74) is 2.58. The first-order valence-electron chi connectivity index (χ1n) is 7.51. The summed E-state index contributed by atoms with van der Waals surface area (Å²) in [6.07, 6.45) is 2.42. The van der Waals surface area contributed by atoms with E-state index in [4.69, 9.17) is 4.74 Å². The average molecular weight is 285 g/mol. The first-order chi connectivity index (χ1) is 10.3. The van der Waals surface area contributed by atoms with Crippen molar-refractivity contribution in [1.82, 2.24) is 5.32 Å². The lowest BCUT2D eigenvalue weighted by molar-refractivity contribution is 0.340. The molecular formula is C18H20FNO. The first kappa shape index (κ1) is 14.1. The van der Waals surface area contributed by atoms with Crippen LogP contribution in [0, 0.1) is 5.82 Å². The van der Waals surface area contributed by atoms with Gasteiger partial charge in [-0.1, -0.05) is 24.3 Å². The minimum Gasteiger partial charge on any atom is -0.494 e. The van der Waals surface area contributed by atoms with Gasteiger partial charge in [0.25, 0.3) is 0 Å². The second kappa shape index (κ2) is 6.27. The minimum absolute atomic E-state index is 0.150. The Morgan fingerprint density at radius 1 is 1.14 bits per heavy atom. The monoisotopic (exact) mass is 285 g/mol. The van der Waals surface area contributed by atoms with E-state index in [1.54, 1.807) is 6.07 Å². The normalized spacial score (nSPS) is 14.2. The van der Waals surface area contributed by atoms with Crippen molar-refractivity contribution >= 4 is 0 Å². The van der Waals surface area contributed by atoms with E-state index in [-0.39, 0.29) is 5.82 Å². The van der Waals surface area contributed by atoms with E-state index in [1.807, 2.05) is 43.3 Å². The van der Waals surface area contributed by atoms with Gasteiger partial charge in [0.15, 0.2) is 0 Å². The summed E-state index contributed by atoms with van der Waals surface area (Å²) < 4.78 is 19.7. The summed E-state index contributed by atoms with van der Waals surface area (Å²) in [4.78, 5) is 0. The van der Waals surface area contributed by atoms with Crippen molar-refractivity contribution in [2.24, 2.45) is 0 Å². The number of benzene rings is 2. The zero-order valence-electron chi connectivity index (χ0n) is 12.2. The molecule has 0 saturated heterocycles. The molecule has 0 aromatic heterocycles. The summed E-state index contributed by atoms with van der Waals surface area (Å²) in [6, 6.07) is 13.8. The standard InChI is InChI=1S/C18H20FNO/c1-2-21-17-5-3-4-13(10-17)14-6-7-15(18(19)11-14)12-20-16-8-9-16/h3-7,10-11,16,20H,2,8-9,12H2,1H3. The van der Waals surface area contributed by atoms with E-state index in [1.165, 1.54) is 12.8 Å². The maximum absolute atomic E-state index is 14.2. The van der Waals surface area contributed by atoms with Crippen LogP contribution in [0.25, 0.3) is 11.1 Å². The van der Waals surface area contributed by atoms with Crippen LogP contribution in [-0.4, -0.2) is 12.6 Å². The number of rotatable bonds is 6. The van der Waals surface area contributed by atoms with Gasteiger partial charge in [-0.05, 0) is 49.1 Å². The SMILES string of the molecule is CCOc1cccc(-c2ccc(CNC3CC3)c(F)c2)c1. The fourth-order valence-electron chi connectivity index (χ4n) is 2.34. The first-order valence-corrected chi connectivity index (χ1v) is 7.51. The van der Waals surface area contributed by atoms with Crippen LogP contribution in [0.15, 0.2) is 42.5 Å². The van der Waals surface area contributed by atoms with Crippen molar-refractivity contribution in [3.63, 3.8) is 0 Å². The van der Waals surface area contributed by atoms with Gasteiger partial charge in [-0.3, -0.25) is 0 Å². The highest BCUT2D eigenvalue weighted by Crippen LogP contribution is 2.26. The van der Waals surface area contributed by atoms with Gasteiger partial charge in [0.2, 0.25) is 0 Å². The molecule has 3 heteroatoms. The van der Waals surface area contributed by atoms with Crippen molar-refractivity contribution in [3.05, 3.63) is 53.8 Å². The second-order valence-electron chi connectivity index (χ2n) is 5.42. The van der Waals surface area contributed by atoms with Crippen LogP contribution in [0.1, 0.15) is 25.3 Å². The molecular weight excluding hydrogens is 265 g/mol. The molecule has 2 aromatic carbocycles. The lowest BCUT2D eigenvalue weighted by atomic mass is 10.0. The molecule has 0 atom stereocenters.